The Labute approximate surface area is 107 Å². The molecule has 0 N–H and O–H groups in total. The first kappa shape index (κ1) is 12.1. The zero-order valence-corrected chi connectivity index (χ0v) is 11.1. The standard InChI is InChI=1S/C13H17Cl2N/c1-10-3-2-6-16(9-10)13-5-4-12(15)7-11(13)8-14/h4-5,7,10H,2-3,6,8-9H2,1H3. The zero-order chi connectivity index (χ0) is 11.5. The summed E-state index contributed by atoms with van der Waals surface area (Å²) in [5.41, 5.74) is 2.40. The maximum Gasteiger partial charge on any atom is 0.0495 e. The van der Waals surface area contributed by atoms with Gasteiger partial charge in [0.25, 0.3) is 0 Å². The molecule has 1 fully saturated rings. The number of piperidine rings is 1. The second-order valence-corrected chi connectivity index (χ2v) is 5.30. The number of hydrogen-bond donors (Lipinski definition) is 0. The van der Waals surface area contributed by atoms with Gasteiger partial charge in [-0.1, -0.05) is 18.5 Å². The summed E-state index contributed by atoms with van der Waals surface area (Å²) in [5, 5.41) is 0.768. The van der Waals surface area contributed by atoms with E-state index in [0.29, 0.717) is 5.88 Å². The fourth-order valence-electron chi connectivity index (χ4n) is 2.38. The lowest BCUT2D eigenvalue weighted by Gasteiger charge is -2.34. The highest BCUT2D eigenvalue weighted by Crippen LogP contribution is 2.29. The van der Waals surface area contributed by atoms with Crippen LogP contribution in [0.1, 0.15) is 25.3 Å². The van der Waals surface area contributed by atoms with Crippen molar-refractivity contribution in [3.05, 3.63) is 28.8 Å². The molecule has 0 spiro atoms. The highest BCUT2D eigenvalue weighted by atomic mass is 35.5. The first-order valence-corrected chi connectivity index (χ1v) is 6.71. The van der Waals surface area contributed by atoms with Crippen molar-refractivity contribution in [2.45, 2.75) is 25.6 Å². The molecule has 1 aliphatic rings. The monoisotopic (exact) mass is 257 g/mol. The van der Waals surface area contributed by atoms with Crippen LogP contribution in [0.3, 0.4) is 0 Å². The first-order valence-electron chi connectivity index (χ1n) is 5.80. The lowest BCUT2D eigenvalue weighted by Crippen LogP contribution is -2.34. The third-order valence-electron chi connectivity index (χ3n) is 3.18. The van der Waals surface area contributed by atoms with E-state index < -0.39 is 0 Å². The van der Waals surface area contributed by atoms with Gasteiger partial charge in [-0.15, -0.1) is 11.6 Å². The summed E-state index contributed by atoms with van der Waals surface area (Å²) < 4.78 is 0. The Kier molecular flexibility index (Phi) is 3.99. The molecule has 1 unspecified atom stereocenters. The van der Waals surface area contributed by atoms with Gasteiger partial charge in [0.15, 0.2) is 0 Å². The molecular formula is C13H17Cl2N. The Morgan fingerprint density at radius 3 is 2.94 bits per heavy atom. The van der Waals surface area contributed by atoms with Crippen LogP contribution in [0.5, 0.6) is 0 Å². The van der Waals surface area contributed by atoms with Crippen molar-refractivity contribution in [2.24, 2.45) is 5.92 Å². The van der Waals surface area contributed by atoms with Crippen molar-refractivity contribution in [2.75, 3.05) is 18.0 Å². The highest BCUT2D eigenvalue weighted by Gasteiger charge is 2.18. The number of benzene rings is 1. The number of halogens is 2. The Balaban J connectivity index is 2.24. The fraction of sp³-hybridized carbons (Fsp3) is 0.538. The van der Waals surface area contributed by atoms with E-state index in [-0.39, 0.29) is 0 Å². The molecule has 1 nitrogen and oxygen atoms in total. The SMILES string of the molecule is CC1CCCN(c2ccc(Cl)cc2CCl)C1. The Morgan fingerprint density at radius 1 is 1.44 bits per heavy atom. The van der Waals surface area contributed by atoms with Crippen LogP contribution in [0.25, 0.3) is 0 Å². The Hall–Kier alpha value is -0.400. The van der Waals surface area contributed by atoms with Gasteiger partial charge in [0.05, 0.1) is 0 Å². The summed E-state index contributed by atoms with van der Waals surface area (Å²) in [7, 11) is 0. The summed E-state index contributed by atoms with van der Waals surface area (Å²) >= 11 is 12.0. The van der Waals surface area contributed by atoms with E-state index in [1.54, 1.807) is 0 Å². The summed E-state index contributed by atoms with van der Waals surface area (Å²) in [5.74, 6) is 1.30. The van der Waals surface area contributed by atoms with Crippen LogP contribution in [-0.4, -0.2) is 13.1 Å². The summed E-state index contributed by atoms with van der Waals surface area (Å²) in [4.78, 5) is 2.43. The van der Waals surface area contributed by atoms with Gasteiger partial charge in [-0.05, 0) is 42.5 Å². The Bertz CT molecular complexity index is 365. The molecule has 0 aromatic heterocycles. The minimum absolute atomic E-state index is 0.529. The van der Waals surface area contributed by atoms with Crippen molar-refractivity contribution in [1.82, 2.24) is 0 Å². The average Bonchev–Trinajstić information content (AvgIpc) is 2.28. The molecule has 0 radical (unpaired) electrons. The highest BCUT2D eigenvalue weighted by molar-refractivity contribution is 6.30. The van der Waals surface area contributed by atoms with Crippen molar-refractivity contribution >= 4 is 28.9 Å². The molecule has 0 saturated carbocycles. The minimum atomic E-state index is 0.529. The number of nitrogens with zero attached hydrogens (tertiary/aromatic N) is 1. The lowest BCUT2D eigenvalue weighted by atomic mass is 9.99. The predicted octanol–water partition coefficient (Wildman–Crippen LogP) is 4.32. The molecule has 0 bridgehead atoms. The van der Waals surface area contributed by atoms with Crippen LogP contribution < -0.4 is 4.90 Å². The third-order valence-corrected chi connectivity index (χ3v) is 3.71. The molecular weight excluding hydrogens is 241 g/mol. The topological polar surface area (TPSA) is 3.24 Å². The van der Waals surface area contributed by atoms with E-state index in [0.717, 1.165) is 29.6 Å². The van der Waals surface area contributed by atoms with Gasteiger partial charge in [0.1, 0.15) is 0 Å². The molecule has 1 heterocycles. The molecule has 0 amide bonds. The van der Waals surface area contributed by atoms with Gasteiger partial charge < -0.3 is 4.90 Å². The molecule has 3 heteroatoms. The molecule has 0 aliphatic carbocycles. The van der Waals surface area contributed by atoms with Gasteiger partial charge in [0, 0.05) is 29.7 Å². The van der Waals surface area contributed by atoms with E-state index >= 15 is 0 Å². The van der Waals surface area contributed by atoms with E-state index in [1.807, 2.05) is 12.1 Å². The summed E-state index contributed by atoms with van der Waals surface area (Å²) in [6, 6.07) is 6.02. The number of hydrogen-bond acceptors (Lipinski definition) is 1. The van der Waals surface area contributed by atoms with Gasteiger partial charge >= 0.3 is 0 Å². The van der Waals surface area contributed by atoms with Crippen molar-refractivity contribution in [3.63, 3.8) is 0 Å². The summed E-state index contributed by atoms with van der Waals surface area (Å²) in [6.07, 6.45) is 2.60. The molecule has 1 aromatic carbocycles. The smallest absolute Gasteiger partial charge is 0.0495 e. The fourth-order valence-corrected chi connectivity index (χ4v) is 2.79. The summed E-state index contributed by atoms with van der Waals surface area (Å²) in [6.45, 7) is 4.57. The molecule has 1 atom stereocenters. The number of rotatable bonds is 2. The predicted molar refractivity (Wildman–Crippen MR) is 71.6 cm³/mol. The van der Waals surface area contributed by atoms with E-state index in [4.69, 9.17) is 23.2 Å². The normalized spacial score (nSPS) is 21.2. The van der Waals surface area contributed by atoms with E-state index in [1.165, 1.54) is 18.5 Å². The van der Waals surface area contributed by atoms with Crippen LogP contribution in [0.15, 0.2) is 18.2 Å². The van der Waals surface area contributed by atoms with Gasteiger partial charge in [-0.25, -0.2) is 0 Å². The van der Waals surface area contributed by atoms with Crippen LogP contribution in [-0.2, 0) is 5.88 Å². The quantitative estimate of drug-likeness (QED) is 0.714. The average molecular weight is 258 g/mol. The van der Waals surface area contributed by atoms with Crippen LogP contribution in [0.2, 0.25) is 5.02 Å². The maximum atomic E-state index is 5.99. The van der Waals surface area contributed by atoms with Crippen LogP contribution >= 0.6 is 23.2 Å². The van der Waals surface area contributed by atoms with Crippen LogP contribution in [0, 0.1) is 5.92 Å². The maximum absolute atomic E-state index is 5.99. The first-order chi connectivity index (χ1) is 7.70. The van der Waals surface area contributed by atoms with Gasteiger partial charge in [-0.3, -0.25) is 0 Å². The third kappa shape index (κ3) is 2.64. The van der Waals surface area contributed by atoms with Crippen LogP contribution in [0.4, 0.5) is 5.69 Å². The lowest BCUT2D eigenvalue weighted by molar-refractivity contribution is 0.446. The van der Waals surface area contributed by atoms with E-state index in [9.17, 15) is 0 Å². The van der Waals surface area contributed by atoms with Gasteiger partial charge in [0.2, 0.25) is 0 Å². The minimum Gasteiger partial charge on any atom is -0.371 e. The largest absolute Gasteiger partial charge is 0.371 e. The zero-order valence-electron chi connectivity index (χ0n) is 9.55. The molecule has 88 valence electrons. The molecule has 1 aromatic rings. The number of alkyl halides is 1. The molecule has 2 rings (SSSR count). The molecule has 1 aliphatic heterocycles. The van der Waals surface area contributed by atoms with Crippen molar-refractivity contribution in [3.8, 4) is 0 Å². The van der Waals surface area contributed by atoms with Crippen molar-refractivity contribution < 1.29 is 0 Å². The number of anilines is 1. The van der Waals surface area contributed by atoms with E-state index in [2.05, 4.69) is 17.9 Å². The Morgan fingerprint density at radius 2 is 2.25 bits per heavy atom. The van der Waals surface area contributed by atoms with Crippen molar-refractivity contribution in [1.29, 1.82) is 0 Å². The molecule has 1 saturated heterocycles. The molecule has 16 heavy (non-hydrogen) atoms. The van der Waals surface area contributed by atoms with Gasteiger partial charge in [-0.2, -0.15) is 0 Å². The second kappa shape index (κ2) is 5.29. The second-order valence-electron chi connectivity index (χ2n) is 4.60.